The average molecular weight is 290 g/mol. The second kappa shape index (κ2) is 7.90. The molecule has 6 heteroatoms. The fraction of sp³-hybridized carbons (Fsp3) is 0.400. The molecule has 0 bridgehead atoms. The summed E-state index contributed by atoms with van der Waals surface area (Å²) in [7, 11) is 0. The molecule has 21 heavy (non-hydrogen) atoms. The van der Waals surface area contributed by atoms with Gasteiger partial charge in [-0.2, -0.15) is 5.26 Å². The fourth-order valence-electron chi connectivity index (χ4n) is 1.56. The van der Waals surface area contributed by atoms with Crippen molar-refractivity contribution >= 4 is 17.6 Å². The van der Waals surface area contributed by atoms with Gasteiger partial charge in [-0.3, -0.25) is 4.79 Å². The van der Waals surface area contributed by atoms with E-state index in [4.69, 9.17) is 15.1 Å². The van der Waals surface area contributed by atoms with Crippen molar-refractivity contribution in [2.24, 2.45) is 5.92 Å². The molecule has 0 aromatic heterocycles. The summed E-state index contributed by atoms with van der Waals surface area (Å²) in [6.45, 7) is 4.59. The summed E-state index contributed by atoms with van der Waals surface area (Å²) in [4.78, 5) is 22.5. The number of nitrogens with one attached hydrogen (secondary N) is 1. The number of rotatable bonds is 7. The number of anilines is 1. The Morgan fingerprint density at radius 2 is 2.14 bits per heavy atom. The van der Waals surface area contributed by atoms with Crippen molar-refractivity contribution in [3.8, 4) is 11.8 Å². The SMILES string of the molecule is CC(C)CCOc1ccc(C(=O)O)cc1NC(=O)CC#N. The van der Waals surface area contributed by atoms with Crippen LogP contribution in [0.2, 0.25) is 0 Å². The monoisotopic (exact) mass is 290 g/mol. The number of carboxylic acids is 1. The minimum Gasteiger partial charge on any atom is -0.491 e. The fourth-order valence-corrected chi connectivity index (χ4v) is 1.56. The topological polar surface area (TPSA) is 99.4 Å². The third kappa shape index (κ3) is 5.53. The minimum absolute atomic E-state index is 0.0402. The van der Waals surface area contributed by atoms with Gasteiger partial charge in [0.25, 0.3) is 0 Å². The molecule has 112 valence electrons. The maximum absolute atomic E-state index is 11.5. The number of nitriles is 1. The van der Waals surface area contributed by atoms with E-state index in [1.165, 1.54) is 18.2 Å². The maximum atomic E-state index is 11.5. The molecule has 1 rings (SSSR count). The summed E-state index contributed by atoms with van der Waals surface area (Å²) in [6, 6.07) is 5.97. The number of carbonyl (C=O) groups is 2. The summed E-state index contributed by atoms with van der Waals surface area (Å²) >= 11 is 0. The van der Waals surface area contributed by atoms with Crippen molar-refractivity contribution in [2.75, 3.05) is 11.9 Å². The highest BCUT2D eigenvalue weighted by atomic mass is 16.5. The molecule has 0 aliphatic rings. The molecule has 0 unspecified atom stereocenters. The summed E-state index contributed by atoms with van der Waals surface area (Å²) < 4.78 is 5.57. The van der Waals surface area contributed by atoms with Crippen molar-refractivity contribution in [1.82, 2.24) is 0 Å². The summed E-state index contributed by atoms with van der Waals surface area (Å²) in [5.74, 6) is -0.736. The molecule has 0 aliphatic heterocycles. The van der Waals surface area contributed by atoms with E-state index in [2.05, 4.69) is 19.2 Å². The Morgan fingerprint density at radius 3 is 2.71 bits per heavy atom. The Labute approximate surface area is 123 Å². The van der Waals surface area contributed by atoms with Gasteiger partial charge in [0.15, 0.2) is 0 Å². The molecular weight excluding hydrogens is 272 g/mol. The van der Waals surface area contributed by atoms with E-state index >= 15 is 0 Å². The molecule has 0 saturated heterocycles. The van der Waals surface area contributed by atoms with Crippen LogP contribution in [0.25, 0.3) is 0 Å². The number of benzene rings is 1. The van der Waals surface area contributed by atoms with E-state index in [-0.39, 0.29) is 17.7 Å². The molecule has 6 nitrogen and oxygen atoms in total. The number of hydrogen-bond acceptors (Lipinski definition) is 4. The predicted molar refractivity (Wildman–Crippen MR) is 77.2 cm³/mol. The lowest BCUT2D eigenvalue weighted by Crippen LogP contribution is -2.13. The quantitative estimate of drug-likeness (QED) is 0.804. The van der Waals surface area contributed by atoms with Gasteiger partial charge >= 0.3 is 5.97 Å². The van der Waals surface area contributed by atoms with Gasteiger partial charge in [0, 0.05) is 0 Å². The summed E-state index contributed by atoms with van der Waals surface area (Å²) in [5, 5.41) is 20.0. The van der Waals surface area contributed by atoms with E-state index in [1.807, 2.05) is 0 Å². The molecule has 1 amide bonds. The molecule has 0 fully saturated rings. The highest BCUT2D eigenvalue weighted by Crippen LogP contribution is 2.26. The van der Waals surface area contributed by atoms with E-state index in [0.29, 0.717) is 18.3 Å². The maximum Gasteiger partial charge on any atom is 0.335 e. The zero-order valence-corrected chi connectivity index (χ0v) is 12.0. The lowest BCUT2D eigenvalue weighted by molar-refractivity contribution is -0.115. The van der Waals surface area contributed by atoms with Crippen LogP contribution in [0.3, 0.4) is 0 Å². The van der Waals surface area contributed by atoms with Crippen molar-refractivity contribution in [3.05, 3.63) is 23.8 Å². The molecule has 1 aromatic carbocycles. The van der Waals surface area contributed by atoms with Crippen molar-refractivity contribution in [2.45, 2.75) is 26.7 Å². The van der Waals surface area contributed by atoms with Gasteiger partial charge in [0.1, 0.15) is 12.2 Å². The largest absolute Gasteiger partial charge is 0.491 e. The third-order valence-electron chi connectivity index (χ3n) is 2.69. The molecule has 0 spiro atoms. The molecule has 0 aliphatic carbocycles. The molecule has 0 saturated carbocycles. The Morgan fingerprint density at radius 1 is 1.43 bits per heavy atom. The molecular formula is C15H18N2O4. The van der Waals surface area contributed by atoms with Gasteiger partial charge in [-0.1, -0.05) is 13.8 Å². The van der Waals surface area contributed by atoms with Crippen molar-refractivity contribution < 1.29 is 19.4 Å². The third-order valence-corrected chi connectivity index (χ3v) is 2.69. The molecule has 2 N–H and O–H groups in total. The average Bonchev–Trinajstić information content (AvgIpc) is 2.40. The van der Waals surface area contributed by atoms with E-state index in [0.717, 1.165) is 6.42 Å². The number of aromatic carboxylic acids is 1. The Kier molecular flexibility index (Phi) is 6.21. The van der Waals surface area contributed by atoms with Crippen LogP contribution in [0.5, 0.6) is 5.75 Å². The van der Waals surface area contributed by atoms with Crippen LogP contribution in [0.4, 0.5) is 5.69 Å². The van der Waals surface area contributed by atoms with Gasteiger partial charge < -0.3 is 15.2 Å². The van der Waals surface area contributed by atoms with Crippen LogP contribution < -0.4 is 10.1 Å². The normalized spacial score (nSPS) is 10.0. The van der Waals surface area contributed by atoms with Crippen molar-refractivity contribution in [3.63, 3.8) is 0 Å². The van der Waals surface area contributed by atoms with Crippen LogP contribution in [-0.2, 0) is 4.79 Å². The summed E-state index contributed by atoms with van der Waals surface area (Å²) in [5.41, 5.74) is 0.303. The van der Waals surface area contributed by atoms with Gasteiger partial charge in [-0.05, 0) is 30.5 Å². The standard InChI is InChI=1S/C15H18N2O4/c1-10(2)6-8-21-13-4-3-11(15(19)20)9-12(13)17-14(18)5-7-16/h3-4,9-10H,5-6,8H2,1-2H3,(H,17,18)(H,19,20). The first-order valence-corrected chi connectivity index (χ1v) is 6.61. The van der Waals surface area contributed by atoms with Crippen LogP contribution in [0.15, 0.2) is 18.2 Å². The number of nitrogens with zero attached hydrogens (tertiary/aromatic N) is 1. The zero-order chi connectivity index (χ0) is 15.8. The zero-order valence-electron chi connectivity index (χ0n) is 12.0. The second-order valence-corrected chi connectivity index (χ2v) is 4.93. The van der Waals surface area contributed by atoms with Gasteiger partial charge in [0.05, 0.1) is 23.9 Å². The summed E-state index contributed by atoms with van der Waals surface area (Å²) in [6.07, 6.45) is 0.537. The lowest BCUT2D eigenvalue weighted by atomic mass is 10.1. The molecule has 0 atom stereocenters. The van der Waals surface area contributed by atoms with Crippen LogP contribution in [0, 0.1) is 17.2 Å². The van der Waals surface area contributed by atoms with Crippen LogP contribution in [0.1, 0.15) is 37.0 Å². The van der Waals surface area contributed by atoms with E-state index in [9.17, 15) is 9.59 Å². The first-order valence-electron chi connectivity index (χ1n) is 6.61. The lowest BCUT2D eigenvalue weighted by Gasteiger charge is -2.13. The first kappa shape index (κ1) is 16.5. The minimum atomic E-state index is -1.10. The predicted octanol–water partition coefficient (Wildman–Crippen LogP) is 2.66. The van der Waals surface area contributed by atoms with Gasteiger partial charge in [0.2, 0.25) is 5.91 Å². The second-order valence-electron chi connectivity index (χ2n) is 4.93. The van der Waals surface area contributed by atoms with Crippen LogP contribution >= 0.6 is 0 Å². The number of hydrogen-bond donors (Lipinski definition) is 2. The smallest absolute Gasteiger partial charge is 0.335 e. The van der Waals surface area contributed by atoms with E-state index < -0.39 is 11.9 Å². The highest BCUT2D eigenvalue weighted by Gasteiger charge is 2.12. The molecule has 1 aromatic rings. The molecule has 0 radical (unpaired) electrons. The van der Waals surface area contributed by atoms with Crippen molar-refractivity contribution in [1.29, 1.82) is 5.26 Å². The Balaban J connectivity index is 2.91. The Bertz CT molecular complexity index is 561. The van der Waals surface area contributed by atoms with E-state index in [1.54, 1.807) is 6.07 Å². The number of amides is 1. The van der Waals surface area contributed by atoms with Gasteiger partial charge in [-0.25, -0.2) is 4.79 Å². The molecule has 0 heterocycles. The number of ether oxygens (including phenoxy) is 1. The van der Waals surface area contributed by atoms with Gasteiger partial charge in [-0.15, -0.1) is 0 Å². The number of carboxylic acid groups (broad SMARTS) is 1. The first-order chi connectivity index (χ1) is 9.93. The Hall–Kier alpha value is -2.55. The highest BCUT2D eigenvalue weighted by molar-refractivity contribution is 5.96. The van der Waals surface area contributed by atoms with Crippen LogP contribution in [-0.4, -0.2) is 23.6 Å². The number of carbonyl (C=O) groups excluding carboxylic acids is 1.